The molecule has 14 heavy (non-hydrogen) atoms. The molecule has 0 aromatic carbocycles. The summed E-state index contributed by atoms with van der Waals surface area (Å²) in [7, 11) is 0. The Balaban J connectivity index is 3.21. The summed E-state index contributed by atoms with van der Waals surface area (Å²) >= 11 is 0. The molecule has 0 bridgehead atoms. The van der Waals surface area contributed by atoms with Gasteiger partial charge in [0, 0.05) is 5.69 Å². The van der Waals surface area contributed by atoms with Crippen LogP contribution >= 0.6 is 0 Å². The summed E-state index contributed by atoms with van der Waals surface area (Å²) in [6, 6.07) is 2.79. The Morgan fingerprint density at radius 2 is 1.79 bits per heavy atom. The van der Waals surface area contributed by atoms with Crippen LogP contribution in [-0.4, -0.2) is 4.98 Å². The van der Waals surface area contributed by atoms with Crippen LogP contribution in [0.1, 0.15) is 36.7 Å². The van der Waals surface area contributed by atoms with Crippen molar-refractivity contribution in [2.45, 2.75) is 32.9 Å². The van der Waals surface area contributed by atoms with Crippen molar-refractivity contribution in [3.63, 3.8) is 0 Å². The lowest BCUT2D eigenvalue weighted by molar-refractivity contribution is -0.141. The summed E-state index contributed by atoms with van der Waals surface area (Å²) in [6.07, 6.45) is -4.35. The van der Waals surface area contributed by atoms with Crippen molar-refractivity contribution in [2.24, 2.45) is 0 Å². The number of halogens is 3. The minimum atomic E-state index is -4.35. The zero-order valence-electron chi connectivity index (χ0n) is 8.31. The molecule has 0 spiro atoms. The number of aryl methyl sites for hydroxylation is 1. The van der Waals surface area contributed by atoms with Gasteiger partial charge in [-0.15, -0.1) is 0 Å². The van der Waals surface area contributed by atoms with Crippen LogP contribution in [0.5, 0.6) is 0 Å². The predicted molar refractivity (Wildman–Crippen MR) is 48.1 cm³/mol. The van der Waals surface area contributed by atoms with Gasteiger partial charge in [-0.05, 0) is 30.5 Å². The molecule has 0 fully saturated rings. The number of nitrogens with zero attached hydrogens (tertiary/aromatic N) is 1. The van der Waals surface area contributed by atoms with Gasteiger partial charge in [-0.1, -0.05) is 13.8 Å². The van der Waals surface area contributed by atoms with Crippen molar-refractivity contribution in [2.75, 3.05) is 0 Å². The molecule has 0 N–H and O–H groups in total. The summed E-state index contributed by atoms with van der Waals surface area (Å²) in [5, 5.41) is 0. The van der Waals surface area contributed by atoms with Crippen molar-refractivity contribution >= 4 is 0 Å². The van der Waals surface area contributed by atoms with Crippen LogP contribution in [0.2, 0.25) is 0 Å². The molecule has 1 rings (SSSR count). The lowest BCUT2D eigenvalue weighted by Crippen LogP contribution is -2.10. The fourth-order valence-corrected chi connectivity index (χ4v) is 1.17. The van der Waals surface area contributed by atoms with Crippen LogP contribution in [-0.2, 0) is 6.18 Å². The van der Waals surface area contributed by atoms with Crippen LogP contribution in [0, 0.1) is 6.92 Å². The first-order chi connectivity index (χ1) is 6.30. The molecule has 1 heterocycles. The zero-order valence-corrected chi connectivity index (χ0v) is 8.31. The lowest BCUT2D eigenvalue weighted by atomic mass is 10.0. The molecule has 0 radical (unpaired) electrons. The van der Waals surface area contributed by atoms with Crippen LogP contribution < -0.4 is 0 Å². The SMILES string of the molecule is Cc1cc(C(C)C)cc(C(F)(F)F)n1. The highest BCUT2D eigenvalue weighted by Gasteiger charge is 2.32. The third-order valence-electron chi connectivity index (χ3n) is 1.93. The number of hydrogen-bond acceptors (Lipinski definition) is 1. The van der Waals surface area contributed by atoms with E-state index in [1.165, 1.54) is 0 Å². The smallest absolute Gasteiger partial charge is 0.249 e. The van der Waals surface area contributed by atoms with E-state index in [9.17, 15) is 13.2 Å². The quantitative estimate of drug-likeness (QED) is 0.680. The van der Waals surface area contributed by atoms with E-state index in [-0.39, 0.29) is 5.92 Å². The average Bonchev–Trinajstić information content (AvgIpc) is 2.01. The third kappa shape index (κ3) is 2.47. The number of hydrogen-bond donors (Lipinski definition) is 0. The molecule has 0 aliphatic rings. The highest BCUT2D eigenvalue weighted by molar-refractivity contribution is 5.25. The zero-order chi connectivity index (χ0) is 10.9. The van der Waals surface area contributed by atoms with Gasteiger partial charge in [0.25, 0.3) is 0 Å². The molecule has 0 aliphatic carbocycles. The average molecular weight is 203 g/mol. The Morgan fingerprint density at radius 1 is 1.21 bits per heavy atom. The highest BCUT2D eigenvalue weighted by atomic mass is 19.4. The molecule has 0 saturated carbocycles. The van der Waals surface area contributed by atoms with Gasteiger partial charge in [0.1, 0.15) is 5.69 Å². The first kappa shape index (κ1) is 11.0. The summed E-state index contributed by atoms with van der Waals surface area (Å²) in [6.45, 7) is 5.28. The Labute approximate surface area is 81.0 Å². The fourth-order valence-electron chi connectivity index (χ4n) is 1.17. The van der Waals surface area contributed by atoms with Crippen LogP contribution in [0.25, 0.3) is 0 Å². The number of aromatic nitrogens is 1. The van der Waals surface area contributed by atoms with Gasteiger partial charge >= 0.3 is 6.18 Å². The van der Waals surface area contributed by atoms with Gasteiger partial charge in [-0.25, -0.2) is 4.98 Å². The van der Waals surface area contributed by atoms with Gasteiger partial charge in [-0.2, -0.15) is 13.2 Å². The van der Waals surface area contributed by atoms with Crippen LogP contribution in [0.3, 0.4) is 0 Å². The van der Waals surface area contributed by atoms with Crippen molar-refractivity contribution < 1.29 is 13.2 Å². The van der Waals surface area contributed by atoms with E-state index in [1.807, 2.05) is 13.8 Å². The van der Waals surface area contributed by atoms with Gasteiger partial charge in [0.05, 0.1) is 0 Å². The second-order valence-corrected chi connectivity index (χ2v) is 3.58. The summed E-state index contributed by atoms with van der Waals surface area (Å²) < 4.78 is 37.0. The topological polar surface area (TPSA) is 12.9 Å². The van der Waals surface area contributed by atoms with Gasteiger partial charge in [-0.3, -0.25) is 0 Å². The van der Waals surface area contributed by atoms with E-state index in [4.69, 9.17) is 0 Å². The normalized spacial score (nSPS) is 12.2. The number of rotatable bonds is 1. The first-order valence-electron chi connectivity index (χ1n) is 4.36. The minimum Gasteiger partial charge on any atom is -0.249 e. The Kier molecular flexibility index (Phi) is 2.83. The van der Waals surface area contributed by atoms with E-state index in [0.29, 0.717) is 11.3 Å². The maximum absolute atomic E-state index is 12.3. The second-order valence-electron chi connectivity index (χ2n) is 3.58. The fraction of sp³-hybridized carbons (Fsp3) is 0.500. The minimum absolute atomic E-state index is 0.0813. The highest BCUT2D eigenvalue weighted by Crippen LogP contribution is 2.29. The molecular formula is C10H12F3N. The molecule has 1 aromatic rings. The van der Waals surface area contributed by atoms with Crippen LogP contribution in [0.15, 0.2) is 12.1 Å². The van der Waals surface area contributed by atoms with E-state index < -0.39 is 11.9 Å². The second kappa shape index (κ2) is 3.59. The molecule has 78 valence electrons. The largest absolute Gasteiger partial charge is 0.433 e. The predicted octanol–water partition coefficient (Wildman–Crippen LogP) is 3.53. The molecule has 0 amide bonds. The summed E-state index contributed by atoms with van der Waals surface area (Å²) in [4.78, 5) is 3.46. The molecule has 0 atom stereocenters. The van der Waals surface area contributed by atoms with E-state index >= 15 is 0 Å². The molecule has 0 unspecified atom stereocenters. The Bertz CT molecular complexity index is 329. The van der Waals surface area contributed by atoms with Crippen molar-refractivity contribution in [1.29, 1.82) is 0 Å². The van der Waals surface area contributed by atoms with Gasteiger partial charge in [0.15, 0.2) is 0 Å². The maximum Gasteiger partial charge on any atom is 0.433 e. The number of pyridine rings is 1. The lowest BCUT2D eigenvalue weighted by Gasteiger charge is -2.11. The van der Waals surface area contributed by atoms with Gasteiger partial charge in [0.2, 0.25) is 0 Å². The standard InChI is InChI=1S/C10H12F3N/c1-6(2)8-4-7(3)14-9(5-8)10(11,12)13/h4-6H,1-3H3. The molecular weight excluding hydrogens is 191 g/mol. The molecule has 0 aliphatic heterocycles. The first-order valence-corrected chi connectivity index (χ1v) is 4.36. The molecule has 4 heteroatoms. The summed E-state index contributed by atoms with van der Waals surface area (Å²) in [5.41, 5.74) is 0.273. The monoisotopic (exact) mass is 203 g/mol. The maximum atomic E-state index is 12.3. The summed E-state index contributed by atoms with van der Waals surface area (Å²) in [5.74, 6) is 0.0813. The Morgan fingerprint density at radius 3 is 2.21 bits per heavy atom. The number of alkyl halides is 3. The molecule has 0 saturated heterocycles. The van der Waals surface area contributed by atoms with Crippen molar-refractivity contribution in [3.05, 3.63) is 29.1 Å². The van der Waals surface area contributed by atoms with E-state index in [2.05, 4.69) is 4.98 Å². The molecule has 1 aromatic heterocycles. The van der Waals surface area contributed by atoms with E-state index in [1.54, 1.807) is 13.0 Å². The van der Waals surface area contributed by atoms with Crippen molar-refractivity contribution in [1.82, 2.24) is 4.98 Å². The van der Waals surface area contributed by atoms with E-state index in [0.717, 1.165) is 6.07 Å². The third-order valence-corrected chi connectivity index (χ3v) is 1.93. The molecule has 1 nitrogen and oxygen atoms in total. The van der Waals surface area contributed by atoms with Gasteiger partial charge < -0.3 is 0 Å². The Hall–Kier alpha value is -1.06. The van der Waals surface area contributed by atoms with Crippen molar-refractivity contribution in [3.8, 4) is 0 Å². The van der Waals surface area contributed by atoms with Crippen LogP contribution in [0.4, 0.5) is 13.2 Å².